The molecule has 0 aromatic heterocycles. The average Bonchev–Trinajstić information content (AvgIpc) is 2.65. The van der Waals surface area contributed by atoms with Gasteiger partial charge >= 0.3 is 0 Å². The lowest BCUT2D eigenvalue weighted by molar-refractivity contribution is -0.160. The number of Topliss-reactive ketones (excluding diaryl/α,β-unsaturated/α-hetero) is 2. The summed E-state index contributed by atoms with van der Waals surface area (Å²) >= 11 is 0. The molecule has 28 heavy (non-hydrogen) atoms. The number of hydrogen-bond donors (Lipinski definition) is 5. The second-order valence-corrected chi connectivity index (χ2v) is 7.47. The molecule has 0 bridgehead atoms. The second kappa shape index (κ2) is 5.67. The van der Waals surface area contributed by atoms with Crippen LogP contribution in [-0.4, -0.2) is 48.8 Å². The van der Waals surface area contributed by atoms with Gasteiger partial charge in [0, 0.05) is 23.8 Å². The van der Waals surface area contributed by atoms with Crippen molar-refractivity contribution in [2.45, 2.75) is 31.0 Å². The van der Waals surface area contributed by atoms with Crippen molar-refractivity contribution in [3.63, 3.8) is 0 Å². The first-order chi connectivity index (χ1) is 13.2. The number of carbonyl (C=O) groups is 2. The third-order valence-electron chi connectivity index (χ3n) is 6.23. The number of fused-ring (bicyclic) bond motifs is 3. The van der Waals surface area contributed by atoms with Gasteiger partial charge in [-0.25, -0.2) is 0 Å². The maximum absolute atomic E-state index is 13.2. The summed E-state index contributed by atoms with van der Waals surface area (Å²) in [6.07, 6.45) is -1.96. The van der Waals surface area contributed by atoms with Crippen molar-refractivity contribution in [1.82, 2.24) is 0 Å². The van der Waals surface area contributed by atoms with Gasteiger partial charge in [0.15, 0.2) is 17.1 Å². The van der Waals surface area contributed by atoms with Crippen LogP contribution in [0.5, 0.6) is 5.75 Å². The third kappa shape index (κ3) is 1.95. The summed E-state index contributed by atoms with van der Waals surface area (Å²) in [6.45, 7) is 1.69. The van der Waals surface area contributed by atoms with Gasteiger partial charge in [-0.2, -0.15) is 5.26 Å². The Morgan fingerprint density at radius 3 is 2.54 bits per heavy atom. The van der Waals surface area contributed by atoms with Crippen molar-refractivity contribution in [3.8, 4) is 11.8 Å². The van der Waals surface area contributed by atoms with Gasteiger partial charge in [0.05, 0.1) is 11.7 Å². The molecule has 1 fully saturated rings. The van der Waals surface area contributed by atoms with Crippen LogP contribution in [0.25, 0.3) is 5.76 Å². The molecule has 1 aromatic rings. The summed E-state index contributed by atoms with van der Waals surface area (Å²) in [5, 5.41) is 62.4. The number of phenols is 1. The molecule has 8 nitrogen and oxygen atoms in total. The standard InChI is InChI=1S/C20H17NO7/c1-7-8-3-2-4-11(22)14(8)17(25)15-13(7)16(24)10-5-12(23)9(6-21)18(26)20(10,28)19(15)27/h2-4,7,10,13,16,22,24-26,28H,5H2,1H3/t7-,10+,13+,16+,20+/m0/s1. The van der Waals surface area contributed by atoms with Crippen molar-refractivity contribution in [2.24, 2.45) is 11.8 Å². The zero-order valence-electron chi connectivity index (χ0n) is 14.7. The molecule has 0 unspecified atom stereocenters. The third-order valence-corrected chi connectivity index (χ3v) is 6.23. The fourth-order valence-corrected chi connectivity index (χ4v) is 4.82. The van der Waals surface area contributed by atoms with Gasteiger partial charge in [-0.3, -0.25) is 9.59 Å². The first-order valence-corrected chi connectivity index (χ1v) is 8.73. The number of aliphatic hydroxyl groups excluding tert-OH is 3. The molecule has 0 amide bonds. The van der Waals surface area contributed by atoms with Gasteiger partial charge in [0.2, 0.25) is 5.78 Å². The molecule has 4 rings (SSSR count). The van der Waals surface area contributed by atoms with E-state index >= 15 is 0 Å². The van der Waals surface area contributed by atoms with Crippen LogP contribution >= 0.6 is 0 Å². The van der Waals surface area contributed by atoms with Crippen LogP contribution in [0, 0.1) is 23.2 Å². The number of benzene rings is 1. The fraction of sp³-hybridized carbons (Fsp3) is 0.350. The molecule has 3 aliphatic rings. The van der Waals surface area contributed by atoms with Gasteiger partial charge in [-0.05, 0) is 17.5 Å². The average molecular weight is 383 g/mol. The minimum atomic E-state index is -2.71. The van der Waals surface area contributed by atoms with Crippen molar-refractivity contribution in [1.29, 1.82) is 5.26 Å². The van der Waals surface area contributed by atoms with Crippen LogP contribution in [0.4, 0.5) is 0 Å². The van der Waals surface area contributed by atoms with Crippen LogP contribution in [0.15, 0.2) is 35.1 Å². The van der Waals surface area contributed by atoms with E-state index < -0.39 is 64.5 Å². The number of rotatable bonds is 0. The Balaban J connectivity index is 2.02. The summed E-state index contributed by atoms with van der Waals surface area (Å²) in [6, 6.07) is 6.01. The molecule has 5 atom stereocenters. The maximum Gasteiger partial charge on any atom is 0.202 e. The first-order valence-electron chi connectivity index (χ1n) is 8.73. The van der Waals surface area contributed by atoms with E-state index in [0.717, 1.165) is 0 Å². The van der Waals surface area contributed by atoms with E-state index in [4.69, 9.17) is 5.26 Å². The van der Waals surface area contributed by atoms with Crippen LogP contribution in [0.3, 0.4) is 0 Å². The summed E-state index contributed by atoms with van der Waals surface area (Å²) in [5.41, 5.74) is -3.28. The highest BCUT2D eigenvalue weighted by Crippen LogP contribution is 2.55. The van der Waals surface area contributed by atoms with E-state index in [1.807, 2.05) is 0 Å². The second-order valence-electron chi connectivity index (χ2n) is 7.47. The fourth-order valence-electron chi connectivity index (χ4n) is 4.82. The van der Waals surface area contributed by atoms with E-state index in [1.54, 1.807) is 19.1 Å². The molecule has 3 aliphatic carbocycles. The normalized spacial score (nSPS) is 34.5. The number of nitrogens with zero attached hydrogens (tertiary/aromatic N) is 1. The van der Waals surface area contributed by atoms with Crippen molar-refractivity contribution >= 4 is 17.3 Å². The zero-order chi connectivity index (χ0) is 20.5. The molecule has 0 spiro atoms. The van der Waals surface area contributed by atoms with Crippen molar-refractivity contribution in [3.05, 3.63) is 46.2 Å². The zero-order valence-corrected chi connectivity index (χ0v) is 14.7. The van der Waals surface area contributed by atoms with Crippen molar-refractivity contribution < 1.29 is 35.1 Å². The lowest BCUT2D eigenvalue weighted by atomic mass is 9.56. The Morgan fingerprint density at radius 2 is 1.89 bits per heavy atom. The van der Waals surface area contributed by atoms with Gasteiger partial charge < -0.3 is 25.5 Å². The highest BCUT2D eigenvalue weighted by Gasteiger charge is 2.64. The number of phenolic OH excluding ortho intramolecular Hbond substituents is 1. The maximum atomic E-state index is 13.2. The number of carbonyl (C=O) groups excluding carboxylic acids is 2. The number of aromatic hydroxyl groups is 1. The van der Waals surface area contributed by atoms with Crippen LogP contribution in [0.2, 0.25) is 0 Å². The molecular weight excluding hydrogens is 366 g/mol. The predicted molar refractivity (Wildman–Crippen MR) is 93.9 cm³/mol. The number of allylic oxidation sites excluding steroid dienone is 1. The largest absolute Gasteiger partial charge is 0.507 e. The summed E-state index contributed by atoms with van der Waals surface area (Å²) < 4.78 is 0. The molecule has 0 heterocycles. The summed E-state index contributed by atoms with van der Waals surface area (Å²) in [4.78, 5) is 25.4. The lowest BCUT2D eigenvalue weighted by Crippen LogP contribution is -2.63. The van der Waals surface area contributed by atoms with Gasteiger partial charge in [0.25, 0.3) is 0 Å². The van der Waals surface area contributed by atoms with Crippen LogP contribution in [0.1, 0.15) is 30.4 Å². The van der Waals surface area contributed by atoms with E-state index in [0.29, 0.717) is 5.56 Å². The Labute approximate surface area is 159 Å². The molecule has 0 saturated heterocycles. The monoisotopic (exact) mass is 383 g/mol. The molecule has 144 valence electrons. The SMILES string of the molecule is C[C@H]1c2cccc(O)c2C(O)=C2C(=O)[C@]3(O)C(O)=C(C#N)C(=O)C[C@@H]3[C@@H](O)[C@@H]21. The van der Waals surface area contributed by atoms with E-state index in [1.165, 1.54) is 12.1 Å². The summed E-state index contributed by atoms with van der Waals surface area (Å²) in [7, 11) is 0. The molecule has 0 radical (unpaired) electrons. The van der Waals surface area contributed by atoms with E-state index in [-0.39, 0.29) is 16.9 Å². The number of ketones is 2. The molecule has 1 saturated carbocycles. The van der Waals surface area contributed by atoms with Crippen LogP contribution < -0.4 is 0 Å². The molecule has 5 N–H and O–H groups in total. The quantitative estimate of drug-likeness (QED) is 0.443. The molecular formula is C20H17NO7. The predicted octanol–water partition coefficient (Wildman–Crippen LogP) is 0.994. The van der Waals surface area contributed by atoms with E-state index in [9.17, 15) is 35.1 Å². The highest BCUT2D eigenvalue weighted by molar-refractivity contribution is 6.14. The van der Waals surface area contributed by atoms with Gasteiger partial charge in [-0.1, -0.05) is 19.1 Å². The van der Waals surface area contributed by atoms with Crippen LogP contribution in [-0.2, 0) is 9.59 Å². The topological polar surface area (TPSA) is 159 Å². The van der Waals surface area contributed by atoms with Gasteiger partial charge in [-0.15, -0.1) is 0 Å². The Morgan fingerprint density at radius 1 is 1.21 bits per heavy atom. The summed E-state index contributed by atoms with van der Waals surface area (Å²) in [5.74, 6) is -6.73. The Bertz CT molecular complexity index is 1050. The van der Waals surface area contributed by atoms with Gasteiger partial charge in [0.1, 0.15) is 23.2 Å². The molecule has 0 aliphatic heterocycles. The number of nitriles is 1. The minimum Gasteiger partial charge on any atom is -0.507 e. The first kappa shape index (κ1) is 18.2. The Hall–Kier alpha value is -3.15. The smallest absolute Gasteiger partial charge is 0.202 e. The number of hydrogen-bond acceptors (Lipinski definition) is 8. The Kier molecular flexibility index (Phi) is 3.69. The minimum absolute atomic E-state index is 0.0136. The van der Waals surface area contributed by atoms with E-state index in [2.05, 4.69) is 0 Å². The molecule has 1 aromatic carbocycles. The lowest BCUT2D eigenvalue weighted by Gasteiger charge is -2.50. The van der Waals surface area contributed by atoms with Crippen molar-refractivity contribution in [2.75, 3.05) is 0 Å². The molecule has 8 heteroatoms. The highest BCUT2D eigenvalue weighted by atomic mass is 16.4. The number of aliphatic hydroxyl groups is 4.